The summed E-state index contributed by atoms with van der Waals surface area (Å²) in [5, 5.41) is 0. The lowest BCUT2D eigenvalue weighted by Gasteiger charge is -2.06. The van der Waals surface area contributed by atoms with Crippen LogP contribution in [-0.4, -0.2) is 9.55 Å². The zero-order valence-electron chi connectivity index (χ0n) is 7.29. The van der Waals surface area contributed by atoms with E-state index in [1.165, 1.54) is 12.5 Å². The van der Waals surface area contributed by atoms with E-state index in [4.69, 9.17) is 0 Å². The van der Waals surface area contributed by atoms with Crippen LogP contribution in [0.3, 0.4) is 0 Å². The van der Waals surface area contributed by atoms with Gasteiger partial charge in [0.05, 0.1) is 0 Å². The van der Waals surface area contributed by atoms with E-state index in [0.29, 0.717) is 4.60 Å². The Labute approximate surface area is 84.9 Å². The van der Waals surface area contributed by atoms with Crippen molar-refractivity contribution >= 4 is 15.9 Å². The summed E-state index contributed by atoms with van der Waals surface area (Å²) in [7, 11) is 0. The SMILES string of the molecule is O=c1cc(Br)nc2n1CCCCC2. The molecule has 0 aliphatic carbocycles. The summed E-state index contributed by atoms with van der Waals surface area (Å²) >= 11 is 3.24. The fourth-order valence-corrected chi connectivity index (χ4v) is 2.08. The highest BCUT2D eigenvalue weighted by atomic mass is 79.9. The zero-order valence-corrected chi connectivity index (χ0v) is 8.88. The first-order chi connectivity index (χ1) is 6.27. The average Bonchev–Trinajstić information content (AvgIpc) is 2.28. The number of nitrogens with zero attached hydrogens (tertiary/aromatic N) is 2. The maximum atomic E-state index is 11.5. The molecule has 70 valence electrons. The van der Waals surface area contributed by atoms with Crippen LogP contribution in [0.25, 0.3) is 0 Å². The largest absolute Gasteiger partial charge is 0.297 e. The summed E-state index contributed by atoms with van der Waals surface area (Å²) in [6, 6.07) is 1.54. The fraction of sp³-hybridized carbons (Fsp3) is 0.556. The standard InChI is InChI=1S/C9H11BrN2O/c10-7-6-9(13)12-5-3-1-2-4-8(12)11-7/h6H,1-5H2. The summed E-state index contributed by atoms with van der Waals surface area (Å²) < 4.78 is 2.45. The molecule has 0 amide bonds. The number of fused-ring (bicyclic) bond motifs is 1. The van der Waals surface area contributed by atoms with Gasteiger partial charge in [0.1, 0.15) is 10.4 Å². The molecule has 0 spiro atoms. The van der Waals surface area contributed by atoms with Crippen molar-refractivity contribution in [3.63, 3.8) is 0 Å². The topological polar surface area (TPSA) is 34.9 Å². The van der Waals surface area contributed by atoms with Crippen LogP contribution >= 0.6 is 15.9 Å². The molecule has 1 aromatic rings. The Morgan fingerprint density at radius 3 is 3.08 bits per heavy atom. The monoisotopic (exact) mass is 242 g/mol. The molecule has 1 aliphatic rings. The second-order valence-electron chi connectivity index (χ2n) is 3.30. The Morgan fingerprint density at radius 2 is 2.23 bits per heavy atom. The molecule has 0 aromatic carbocycles. The number of aryl methyl sites for hydroxylation is 1. The Kier molecular flexibility index (Phi) is 2.49. The van der Waals surface area contributed by atoms with Crippen LogP contribution in [0.4, 0.5) is 0 Å². The van der Waals surface area contributed by atoms with Gasteiger partial charge in [0.2, 0.25) is 0 Å². The molecule has 0 atom stereocenters. The molecule has 0 fully saturated rings. The molecule has 2 heterocycles. The molecule has 0 saturated heterocycles. The van der Waals surface area contributed by atoms with Crippen molar-refractivity contribution in [3.8, 4) is 0 Å². The van der Waals surface area contributed by atoms with Crippen molar-refractivity contribution in [2.24, 2.45) is 0 Å². The fourth-order valence-electron chi connectivity index (χ4n) is 1.68. The Balaban J connectivity index is 2.53. The van der Waals surface area contributed by atoms with Gasteiger partial charge in [-0.05, 0) is 28.8 Å². The first kappa shape index (κ1) is 8.94. The van der Waals surface area contributed by atoms with Crippen molar-refractivity contribution < 1.29 is 0 Å². The first-order valence-corrected chi connectivity index (χ1v) is 5.33. The lowest BCUT2D eigenvalue weighted by atomic mass is 10.2. The Bertz CT molecular complexity index is 372. The second kappa shape index (κ2) is 3.62. The molecular weight excluding hydrogens is 232 g/mol. The smallest absolute Gasteiger partial charge is 0.254 e. The summed E-state index contributed by atoms with van der Waals surface area (Å²) in [6.07, 6.45) is 4.36. The summed E-state index contributed by atoms with van der Waals surface area (Å²) in [6.45, 7) is 0.828. The highest BCUT2D eigenvalue weighted by Crippen LogP contribution is 2.12. The lowest BCUT2D eigenvalue weighted by Crippen LogP contribution is -2.23. The van der Waals surface area contributed by atoms with E-state index in [1.807, 2.05) is 0 Å². The van der Waals surface area contributed by atoms with Gasteiger partial charge in [-0.25, -0.2) is 4.98 Å². The van der Waals surface area contributed by atoms with Gasteiger partial charge in [-0.3, -0.25) is 9.36 Å². The van der Waals surface area contributed by atoms with Gasteiger partial charge in [-0.15, -0.1) is 0 Å². The maximum absolute atomic E-state index is 11.5. The van der Waals surface area contributed by atoms with Crippen molar-refractivity contribution in [2.45, 2.75) is 32.2 Å². The highest BCUT2D eigenvalue weighted by Gasteiger charge is 2.10. The summed E-state index contributed by atoms with van der Waals surface area (Å²) in [5.41, 5.74) is 0.0683. The molecule has 0 saturated carbocycles. The lowest BCUT2D eigenvalue weighted by molar-refractivity contribution is 0.607. The highest BCUT2D eigenvalue weighted by molar-refractivity contribution is 9.10. The van der Waals surface area contributed by atoms with Crippen LogP contribution in [0.15, 0.2) is 15.5 Å². The third kappa shape index (κ3) is 1.82. The molecule has 1 aliphatic heterocycles. The normalized spacial score (nSPS) is 16.4. The molecule has 13 heavy (non-hydrogen) atoms. The van der Waals surface area contributed by atoms with Gasteiger partial charge in [0.15, 0.2) is 0 Å². The molecule has 0 bridgehead atoms. The average molecular weight is 243 g/mol. The van der Waals surface area contributed by atoms with E-state index in [2.05, 4.69) is 20.9 Å². The van der Waals surface area contributed by atoms with Gasteiger partial charge in [0.25, 0.3) is 5.56 Å². The Morgan fingerprint density at radius 1 is 1.38 bits per heavy atom. The van der Waals surface area contributed by atoms with Gasteiger partial charge in [-0.2, -0.15) is 0 Å². The predicted octanol–water partition coefficient (Wildman–Crippen LogP) is 1.73. The van der Waals surface area contributed by atoms with Crippen LogP contribution in [-0.2, 0) is 13.0 Å². The van der Waals surface area contributed by atoms with Crippen molar-refractivity contribution in [2.75, 3.05) is 0 Å². The zero-order chi connectivity index (χ0) is 9.26. The van der Waals surface area contributed by atoms with Gasteiger partial charge >= 0.3 is 0 Å². The van der Waals surface area contributed by atoms with E-state index in [0.717, 1.165) is 31.6 Å². The number of hydrogen-bond donors (Lipinski definition) is 0. The molecule has 0 N–H and O–H groups in total. The van der Waals surface area contributed by atoms with Crippen LogP contribution in [0, 0.1) is 0 Å². The number of rotatable bonds is 0. The third-order valence-electron chi connectivity index (χ3n) is 2.34. The van der Waals surface area contributed by atoms with Gasteiger partial charge < -0.3 is 0 Å². The van der Waals surface area contributed by atoms with Crippen molar-refractivity contribution in [1.29, 1.82) is 0 Å². The van der Waals surface area contributed by atoms with Crippen molar-refractivity contribution in [1.82, 2.24) is 9.55 Å². The minimum atomic E-state index is 0.0683. The quantitative estimate of drug-likeness (QED) is 0.650. The van der Waals surface area contributed by atoms with Crippen LogP contribution in [0.1, 0.15) is 25.1 Å². The molecule has 0 unspecified atom stereocenters. The molecule has 3 nitrogen and oxygen atoms in total. The number of aromatic nitrogens is 2. The Hall–Kier alpha value is -0.640. The van der Waals surface area contributed by atoms with Crippen LogP contribution < -0.4 is 5.56 Å². The molecule has 1 aromatic heterocycles. The van der Waals surface area contributed by atoms with E-state index < -0.39 is 0 Å². The van der Waals surface area contributed by atoms with Gasteiger partial charge in [0, 0.05) is 19.0 Å². The van der Waals surface area contributed by atoms with E-state index in [-0.39, 0.29) is 5.56 Å². The first-order valence-electron chi connectivity index (χ1n) is 4.53. The second-order valence-corrected chi connectivity index (χ2v) is 4.11. The summed E-state index contributed by atoms with van der Waals surface area (Å²) in [5.74, 6) is 0.928. The van der Waals surface area contributed by atoms with E-state index in [9.17, 15) is 4.79 Å². The predicted molar refractivity (Wildman–Crippen MR) is 53.8 cm³/mol. The number of halogens is 1. The molecule has 0 radical (unpaired) electrons. The minimum Gasteiger partial charge on any atom is -0.297 e. The van der Waals surface area contributed by atoms with E-state index >= 15 is 0 Å². The maximum Gasteiger partial charge on any atom is 0.254 e. The molecular formula is C9H11BrN2O. The summed E-state index contributed by atoms with van der Waals surface area (Å²) in [4.78, 5) is 15.8. The van der Waals surface area contributed by atoms with E-state index in [1.54, 1.807) is 4.57 Å². The molecule has 2 rings (SSSR count). The third-order valence-corrected chi connectivity index (χ3v) is 2.74. The van der Waals surface area contributed by atoms with Crippen LogP contribution in [0.5, 0.6) is 0 Å². The minimum absolute atomic E-state index is 0.0683. The van der Waals surface area contributed by atoms with Gasteiger partial charge in [-0.1, -0.05) is 6.42 Å². The van der Waals surface area contributed by atoms with Crippen LogP contribution in [0.2, 0.25) is 0 Å². The number of hydrogen-bond acceptors (Lipinski definition) is 2. The molecule has 4 heteroatoms. The van der Waals surface area contributed by atoms with Crippen molar-refractivity contribution in [3.05, 3.63) is 26.8 Å².